The summed E-state index contributed by atoms with van der Waals surface area (Å²) in [5.74, 6) is -0.0396. The summed E-state index contributed by atoms with van der Waals surface area (Å²) < 4.78 is 1.14. The van der Waals surface area contributed by atoms with Gasteiger partial charge < -0.3 is 10.2 Å². The molecule has 0 atom stereocenters. The number of piperidine rings is 1. The minimum absolute atomic E-state index is 0.0194. The highest BCUT2D eigenvalue weighted by Crippen LogP contribution is 2.34. The first-order valence-corrected chi connectivity index (χ1v) is 11.8. The molecule has 0 spiro atoms. The van der Waals surface area contributed by atoms with Crippen molar-refractivity contribution in [2.24, 2.45) is 0 Å². The third kappa shape index (κ3) is 4.22. The Morgan fingerprint density at radius 3 is 2.52 bits per heavy atom. The zero-order valence-electron chi connectivity index (χ0n) is 16.7. The van der Waals surface area contributed by atoms with E-state index >= 15 is 0 Å². The molecule has 4 aromatic rings. The predicted octanol–water partition coefficient (Wildman–Crippen LogP) is 4.45. The first-order valence-electron chi connectivity index (χ1n) is 10.1. The summed E-state index contributed by atoms with van der Waals surface area (Å²) >= 11 is 3.10. The van der Waals surface area contributed by atoms with Crippen molar-refractivity contribution in [3.63, 3.8) is 0 Å². The van der Waals surface area contributed by atoms with Crippen LogP contribution in [0.2, 0.25) is 0 Å². The summed E-state index contributed by atoms with van der Waals surface area (Å²) in [6, 6.07) is 15.4. The van der Waals surface area contributed by atoms with Crippen LogP contribution in [0.15, 0.2) is 60.9 Å². The number of aromatic nitrogens is 2. The maximum atomic E-state index is 12.8. The molecule has 156 valence electrons. The van der Waals surface area contributed by atoms with Gasteiger partial charge in [-0.2, -0.15) is 0 Å². The van der Waals surface area contributed by atoms with Crippen molar-refractivity contribution in [3.8, 4) is 9.88 Å². The number of nitrogens with one attached hydrogen (secondary N) is 1. The molecule has 1 aliphatic heterocycles. The van der Waals surface area contributed by atoms with Crippen molar-refractivity contribution >= 4 is 44.7 Å². The zero-order chi connectivity index (χ0) is 21.2. The minimum Gasteiger partial charge on any atom is -0.348 e. The topological polar surface area (TPSA) is 75.2 Å². The van der Waals surface area contributed by atoms with Crippen LogP contribution >= 0.6 is 22.7 Å². The second kappa shape index (κ2) is 8.56. The lowest BCUT2D eigenvalue weighted by Gasteiger charge is -2.32. The maximum absolute atomic E-state index is 12.8. The molecule has 0 unspecified atom stereocenters. The SMILES string of the molecule is O=C(NC1CCN(C(=O)c2ccncc2)CC1)c1ccc(-c2nc3ccccc3s2)s1. The van der Waals surface area contributed by atoms with E-state index in [2.05, 4.69) is 21.4 Å². The number of para-hydroxylation sites is 1. The summed E-state index contributed by atoms with van der Waals surface area (Å²) in [6.07, 6.45) is 4.75. The monoisotopic (exact) mass is 448 g/mol. The first-order chi connectivity index (χ1) is 15.2. The van der Waals surface area contributed by atoms with E-state index in [1.165, 1.54) is 11.3 Å². The number of amides is 2. The highest BCUT2D eigenvalue weighted by molar-refractivity contribution is 7.26. The molecule has 6 nitrogen and oxygen atoms in total. The van der Waals surface area contributed by atoms with Gasteiger partial charge in [0.2, 0.25) is 0 Å². The Labute approximate surface area is 187 Å². The number of thiophene rings is 1. The number of fused-ring (bicyclic) bond motifs is 1. The van der Waals surface area contributed by atoms with Crippen LogP contribution in [0, 0.1) is 0 Å². The lowest BCUT2D eigenvalue weighted by Crippen LogP contribution is -2.46. The van der Waals surface area contributed by atoms with E-state index in [0.29, 0.717) is 23.5 Å². The van der Waals surface area contributed by atoms with Gasteiger partial charge in [0.1, 0.15) is 5.01 Å². The van der Waals surface area contributed by atoms with E-state index in [9.17, 15) is 9.59 Å². The number of pyridine rings is 1. The maximum Gasteiger partial charge on any atom is 0.261 e. The molecule has 0 radical (unpaired) electrons. The number of benzene rings is 1. The molecule has 0 aliphatic carbocycles. The first kappa shape index (κ1) is 19.8. The molecular formula is C23H20N4O2S2. The number of carbonyl (C=O) groups is 2. The molecule has 1 saturated heterocycles. The number of thiazole rings is 1. The fourth-order valence-electron chi connectivity index (χ4n) is 3.71. The minimum atomic E-state index is -0.0590. The van der Waals surface area contributed by atoms with Gasteiger partial charge in [0, 0.05) is 37.1 Å². The molecule has 0 bridgehead atoms. The molecule has 8 heteroatoms. The molecule has 5 rings (SSSR count). The van der Waals surface area contributed by atoms with Crippen LogP contribution in [-0.2, 0) is 0 Å². The van der Waals surface area contributed by atoms with Crippen LogP contribution in [-0.4, -0.2) is 45.8 Å². The van der Waals surface area contributed by atoms with Crippen molar-refractivity contribution in [1.82, 2.24) is 20.2 Å². The Kier molecular flexibility index (Phi) is 5.48. The number of rotatable bonds is 4. The summed E-state index contributed by atoms with van der Waals surface area (Å²) in [5.41, 5.74) is 1.63. The number of hydrogen-bond acceptors (Lipinski definition) is 6. The molecule has 1 aliphatic rings. The van der Waals surface area contributed by atoms with Crippen LogP contribution in [0.5, 0.6) is 0 Å². The molecule has 1 N–H and O–H groups in total. The van der Waals surface area contributed by atoms with Gasteiger partial charge in [0.05, 0.1) is 20.0 Å². The molecule has 0 saturated carbocycles. The van der Waals surface area contributed by atoms with Gasteiger partial charge >= 0.3 is 0 Å². The van der Waals surface area contributed by atoms with Crippen molar-refractivity contribution in [2.45, 2.75) is 18.9 Å². The van der Waals surface area contributed by atoms with E-state index in [1.807, 2.05) is 35.2 Å². The van der Waals surface area contributed by atoms with Gasteiger partial charge in [0.15, 0.2) is 0 Å². The van der Waals surface area contributed by atoms with E-state index in [0.717, 1.165) is 32.9 Å². The predicted molar refractivity (Wildman–Crippen MR) is 124 cm³/mol. The van der Waals surface area contributed by atoms with Gasteiger partial charge in [-0.1, -0.05) is 12.1 Å². The van der Waals surface area contributed by atoms with E-state index in [1.54, 1.807) is 35.9 Å². The highest BCUT2D eigenvalue weighted by Gasteiger charge is 2.25. The third-order valence-corrected chi connectivity index (χ3v) is 7.67. The normalized spacial score (nSPS) is 14.6. The molecule has 1 fully saturated rings. The molecule has 31 heavy (non-hydrogen) atoms. The lowest BCUT2D eigenvalue weighted by molar-refractivity contribution is 0.0698. The molecular weight excluding hydrogens is 428 g/mol. The number of carbonyl (C=O) groups excluding carboxylic acids is 2. The molecule has 2 amide bonds. The fraction of sp³-hybridized carbons (Fsp3) is 0.217. The Morgan fingerprint density at radius 1 is 0.968 bits per heavy atom. The fourth-order valence-corrected chi connectivity index (χ4v) is 5.64. The average molecular weight is 449 g/mol. The van der Waals surface area contributed by atoms with Crippen molar-refractivity contribution in [3.05, 3.63) is 71.4 Å². The summed E-state index contributed by atoms with van der Waals surface area (Å²) in [5, 5.41) is 4.07. The standard InChI is InChI=1S/C23H20N4O2S2/c28-21(19-5-6-20(30-19)22-26-17-3-1-2-4-18(17)31-22)25-16-9-13-27(14-10-16)23(29)15-7-11-24-12-8-15/h1-8,11-12,16H,9-10,13-14H2,(H,25,28). The van der Waals surface area contributed by atoms with Gasteiger partial charge in [-0.3, -0.25) is 14.6 Å². The molecule has 3 aromatic heterocycles. The number of likely N-dealkylation sites (tertiary alicyclic amines) is 1. The Morgan fingerprint density at radius 2 is 1.74 bits per heavy atom. The van der Waals surface area contributed by atoms with Crippen molar-refractivity contribution < 1.29 is 9.59 Å². The number of nitrogens with zero attached hydrogens (tertiary/aromatic N) is 3. The van der Waals surface area contributed by atoms with Crippen molar-refractivity contribution in [1.29, 1.82) is 0 Å². The second-order valence-corrected chi connectivity index (χ2v) is 9.54. The second-order valence-electron chi connectivity index (χ2n) is 7.43. The Bertz CT molecular complexity index is 1190. The quantitative estimate of drug-likeness (QED) is 0.500. The third-order valence-electron chi connectivity index (χ3n) is 5.38. The smallest absolute Gasteiger partial charge is 0.261 e. The zero-order valence-corrected chi connectivity index (χ0v) is 18.3. The number of hydrogen-bond donors (Lipinski definition) is 1. The van der Waals surface area contributed by atoms with Gasteiger partial charge in [-0.05, 0) is 49.2 Å². The van der Waals surface area contributed by atoms with Gasteiger partial charge in [0.25, 0.3) is 11.8 Å². The van der Waals surface area contributed by atoms with Crippen LogP contribution in [0.3, 0.4) is 0 Å². The summed E-state index contributed by atoms with van der Waals surface area (Å²) in [7, 11) is 0. The lowest BCUT2D eigenvalue weighted by atomic mass is 10.0. The van der Waals surface area contributed by atoms with E-state index in [-0.39, 0.29) is 17.9 Å². The summed E-state index contributed by atoms with van der Waals surface area (Å²) in [6.45, 7) is 1.26. The van der Waals surface area contributed by atoms with Gasteiger partial charge in [-0.25, -0.2) is 4.98 Å². The Balaban J connectivity index is 1.19. The van der Waals surface area contributed by atoms with Crippen molar-refractivity contribution in [2.75, 3.05) is 13.1 Å². The largest absolute Gasteiger partial charge is 0.348 e. The van der Waals surface area contributed by atoms with Crippen LogP contribution in [0.25, 0.3) is 20.1 Å². The summed E-state index contributed by atoms with van der Waals surface area (Å²) in [4.78, 5) is 37.5. The molecule has 4 heterocycles. The highest BCUT2D eigenvalue weighted by atomic mass is 32.1. The molecule has 1 aromatic carbocycles. The van der Waals surface area contributed by atoms with Gasteiger partial charge in [-0.15, -0.1) is 22.7 Å². The van der Waals surface area contributed by atoms with E-state index in [4.69, 9.17) is 0 Å². The average Bonchev–Trinajstić information content (AvgIpc) is 3.47. The van der Waals surface area contributed by atoms with Crippen LogP contribution < -0.4 is 5.32 Å². The van der Waals surface area contributed by atoms with Crippen LogP contribution in [0.4, 0.5) is 0 Å². The van der Waals surface area contributed by atoms with E-state index < -0.39 is 0 Å². The van der Waals surface area contributed by atoms with Crippen LogP contribution in [0.1, 0.15) is 32.9 Å². The Hall–Kier alpha value is -3.10.